The van der Waals surface area contributed by atoms with Gasteiger partial charge in [0, 0.05) is 5.56 Å². The summed E-state index contributed by atoms with van der Waals surface area (Å²) in [6.45, 7) is 0.512. The number of likely N-dealkylation sites (N-methyl/N-ethyl adjacent to an activating group) is 1. The predicted molar refractivity (Wildman–Crippen MR) is 69.0 cm³/mol. The molecule has 0 spiro atoms. The fourth-order valence-electron chi connectivity index (χ4n) is 1.71. The second-order valence-electron chi connectivity index (χ2n) is 4.32. The van der Waals surface area contributed by atoms with E-state index in [2.05, 4.69) is 10.1 Å². The smallest absolute Gasteiger partial charge is 0.413 e. The lowest BCUT2D eigenvalue weighted by molar-refractivity contribution is -0.885. The minimum absolute atomic E-state index is 0.0722. The molecule has 1 rings (SSSR count). The molecule has 0 aliphatic heterocycles. The van der Waals surface area contributed by atoms with Crippen LogP contribution in [0.1, 0.15) is 5.56 Å². The number of halogens is 1. The molecule has 7 heteroatoms. The number of imide groups is 1. The molecule has 6 nitrogen and oxygen atoms in total. The zero-order valence-corrected chi connectivity index (χ0v) is 11.7. The van der Waals surface area contributed by atoms with Gasteiger partial charge in [-0.1, -0.05) is 0 Å². The SMILES string of the molecule is COC(=O)NC(=O)C[NH+](C)Cc1ccc(OC)c(F)c1. The van der Waals surface area contributed by atoms with E-state index in [1.54, 1.807) is 13.1 Å². The van der Waals surface area contributed by atoms with Crippen molar-refractivity contribution in [2.75, 3.05) is 27.8 Å². The van der Waals surface area contributed by atoms with Gasteiger partial charge in [-0.15, -0.1) is 0 Å². The van der Waals surface area contributed by atoms with Crippen LogP contribution in [-0.2, 0) is 16.1 Å². The molecule has 0 bridgehead atoms. The number of quaternary nitrogens is 1. The van der Waals surface area contributed by atoms with Crippen molar-refractivity contribution in [3.63, 3.8) is 0 Å². The molecule has 0 heterocycles. The van der Waals surface area contributed by atoms with Crippen molar-refractivity contribution in [2.24, 2.45) is 0 Å². The summed E-state index contributed by atoms with van der Waals surface area (Å²) < 4.78 is 22.7. The summed E-state index contributed by atoms with van der Waals surface area (Å²) in [5.41, 5.74) is 0.728. The van der Waals surface area contributed by atoms with Gasteiger partial charge in [0.15, 0.2) is 18.1 Å². The van der Waals surface area contributed by atoms with E-state index in [0.29, 0.717) is 6.54 Å². The number of carbonyl (C=O) groups excluding carboxylic acids is 2. The number of ether oxygens (including phenoxy) is 2. The van der Waals surface area contributed by atoms with E-state index in [1.807, 2.05) is 0 Å². The molecule has 0 saturated heterocycles. The van der Waals surface area contributed by atoms with Gasteiger partial charge in [0.25, 0.3) is 5.91 Å². The Morgan fingerprint density at radius 2 is 2.05 bits per heavy atom. The number of hydrogen-bond donors (Lipinski definition) is 2. The Kier molecular flexibility index (Phi) is 5.92. The summed E-state index contributed by atoms with van der Waals surface area (Å²) in [5, 5.41) is 2.06. The quantitative estimate of drug-likeness (QED) is 0.781. The molecule has 2 amide bonds. The minimum Gasteiger partial charge on any atom is -0.494 e. The first kappa shape index (κ1) is 15.9. The highest BCUT2D eigenvalue weighted by Crippen LogP contribution is 2.16. The molecule has 0 saturated carbocycles. The van der Waals surface area contributed by atoms with Gasteiger partial charge in [0.2, 0.25) is 0 Å². The highest BCUT2D eigenvalue weighted by molar-refractivity contribution is 5.92. The Hall–Kier alpha value is -2.15. The van der Waals surface area contributed by atoms with E-state index in [9.17, 15) is 14.0 Å². The van der Waals surface area contributed by atoms with Crippen LogP contribution >= 0.6 is 0 Å². The van der Waals surface area contributed by atoms with E-state index in [1.165, 1.54) is 26.4 Å². The topological polar surface area (TPSA) is 69.1 Å². The molecule has 0 aromatic heterocycles. The molecule has 1 unspecified atom stereocenters. The van der Waals surface area contributed by atoms with Crippen molar-refractivity contribution >= 4 is 12.0 Å². The molecule has 0 aliphatic rings. The number of hydrogen-bond acceptors (Lipinski definition) is 4. The van der Waals surface area contributed by atoms with Crippen molar-refractivity contribution in [3.8, 4) is 5.75 Å². The Morgan fingerprint density at radius 1 is 1.35 bits per heavy atom. The number of nitrogens with one attached hydrogen (secondary N) is 2. The maximum Gasteiger partial charge on any atom is 0.413 e. The van der Waals surface area contributed by atoms with Crippen molar-refractivity contribution in [1.82, 2.24) is 5.32 Å². The minimum atomic E-state index is -0.793. The fraction of sp³-hybridized carbons (Fsp3) is 0.385. The van der Waals surface area contributed by atoms with Crippen molar-refractivity contribution in [1.29, 1.82) is 0 Å². The summed E-state index contributed by atoms with van der Waals surface area (Å²) in [6, 6.07) is 4.62. The fourth-order valence-corrected chi connectivity index (χ4v) is 1.71. The summed E-state index contributed by atoms with van der Waals surface area (Å²) in [6.07, 6.45) is -0.793. The third-order valence-corrected chi connectivity index (χ3v) is 2.61. The maximum absolute atomic E-state index is 13.5. The summed E-state index contributed by atoms with van der Waals surface area (Å²) >= 11 is 0. The summed E-state index contributed by atoms with van der Waals surface area (Å²) in [4.78, 5) is 23.1. The first-order valence-electron chi connectivity index (χ1n) is 5.97. The number of rotatable bonds is 5. The second kappa shape index (κ2) is 7.44. The van der Waals surface area contributed by atoms with Crippen molar-refractivity contribution in [2.45, 2.75) is 6.54 Å². The lowest BCUT2D eigenvalue weighted by atomic mass is 10.2. The zero-order chi connectivity index (χ0) is 15.1. The zero-order valence-electron chi connectivity index (χ0n) is 11.7. The lowest BCUT2D eigenvalue weighted by Gasteiger charge is -2.13. The Labute approximate surface area is 116 Å². The average Bonchev–Trinajstić information content (AvgIpc) is 2.38. The highest BCUT2D eigenvalue weighted by atomic mass is 19.1. The van der Waals surface area contributed by atoms with Gasteiger partial charge in [-0.25, -0.2) is 9.18 Å². The van der Waals surface area contributed by atoms with Gasteiger partial charge < -0.3 is 14.4 Å². The van der Waals surface area contributed by atoms with Crippen LogP contribution < -0.4 is 15.0 Å². The lowest BCUT2D eigenvalue weighted by Crippen LogP contribution is -3.08. The van der Waals surface area contributed by atoms with Crippen LogP contribution in [-0.4, -0.2) is 39.8 Å². The third kappa shape index (κ3) is 4.85. The van der Waals surface area contributed by atoms with E-state index >= 15 is 0 Å². The van der Waals surface area contributed by atoms with Crippen LogP contribution in [0.25, 0.3) is 0 Å². The van der Waals surface area contributed by atoms with Crippen LogP contribution in [0.5, 0.6) is 5.75 Å². The second-order valence-corrected chi connectivity index (χ2v) is 4.32. The van der Waals surface area contributed by atoms with Crippen LogP contribution in [0, 0.1) is 5.82 Å². The molecule has 1 atom stereocenters. The Morgan fingerprint density at radius 3 is 2.60 bits per heavy atom. The van der Waals surface area contributed by atoms with Crippen molar-refractivity contribution < 1.29 is 28.4 Å². The number of alkyl carbamates (subject to hydrolysis) is 1. The standard InChI is InChI=1S/C13H17FN2O4/c1-16(8-12(17)15-13(18)20-3)7-9-4-5-11(19-2)10(14)6-9/h4-6H,7-8H2,1-3H3,(H,15,17,18)/p+1. The molecular formula is C13H18FN2O4+. The normalized spacial score (nSPS) is 11.6. The molecule has 0 fully saturated rings. The van der Waals surface area contributed by atoms with Gasteiger partial charge in [-0.2, -0.15) is 0 Å². The molecule has 1 aromatic carbocycles. The van der Waals surface area contributed by atoms with E-state index in [-0.39, 0.29) is 12.3 Å². The van der Waals surface area contributed by atoms with Crippen LogP contribution in [0.2, 0.25) is 0 Å². The van der Waals surface area contributed by atoms with E-state index in [4.69, 9.17) is 4.74 Å². The van der Waals surface area contributed by atoms with Crippen molar-refractivity contribution in [3.05, 3.63) is 29.6 Å². The van der Waals surface area contributed by atoms with Crippen LogP contribution in [0.4, 0.5) is 9.18 Å². The monoisotopic (exact) mass is 285 g/mol. The molecule has 20 heavy (non-hydrogen) atoms. The highest BCUT2D eigenvalue weighted by Gasteiger charge is 2.14. The summed E-state index contributed by atoms with van der Waals surface area (Å²) in [7, 11) is 4.34. The van der Waals surface area contributed by atoms with Gasteiger partial charge in [-0.05, 0) is 18.2 Å². The number of methoxy groups -OCH3 is 2. The first-order valence-corrected chi connectivity index (χ1v) is 5.97. The van der Waals surface area contributed by atoms with Gasteiger partial charge in [0.05, 0.1) is 21.3 Å². The first-order chi connectivity index (χ1) is 9.46. The largest absolute Gasteiger partial charge is 0.494 e. The van der Waals surface area contributed by atoms with Crippen LogP contribution in [0.3, 0.4) is 0 Å². The van der Waals surface area contributed by atoms with E-state index in [0.717, 1.165) is 10.5 Å². The van der Waals surface area contributed by atoms with Gasteiger partial charge in [0.1, 0.15) is 6.54 Å². The van der Waals surface area contributed by atoms with Crippen LogP contribution in [0.15, 0.2) is 18.2 Å². The molecule has 0 aliphatic carbocycles. The Balaban J connectivity index is 2.53. The molecule has 2 N–H and O–H groups in total. The molecule has 0 radical (unpaired) electrons. The summed E-state index contributed by atoms with van der Waals surface area (Å²) in [5.74, 6) is -0.727. The van der Waals surface area contributed by atoms with E-state index < -0.39 is 17.8 Å². The number of benzene rings is 1. The Bertz CT molecular complexity index is 493. The predicted octanol–water partition coefficient (Wildman–Crippen LogP) is -0.268. The van der Waals surface area contributed by atoms with Gasteiger partial charge in [-0.3, -0.25) is 10.1 Å². The number of amides is 2. The molecule has 110 valence electrons. The molecular weight excluding hydrogens is 267 g/mol. The van der Waals surface area contributed by atoms with Gasteiger partial charge >= 0.3 is 6.09 Å². The maximum atomic E-state index is 13.5. The number of carbonyl (C=O) groups is 2. The average molecular weight is 285 g/mol. The third-order valence-electron chi connectivity index (χ3n) is 2.61. The molecule has 1 aromatic rings.